The molecule has 2 atom stereocenters. The van der Waals surface area contributed by atoms with E-state index in [0.29, 0.717) is 17.3 Å². The van der Waals surface area contributed by atoms with Crippen LogP contribution >= 0.6 is 0 Å². The van der Waals surface area contributed by atoms with Crippen LogP contribution in [0.1, 0.15) is 24.8 Å². The summed E-state index contributed by atoms with van der Waals surface area (Å²) in [5.74, 6) is 0.625. The van der Waals surface area contributed by atoms with Gasteiger partial charge >= 0.3 is 0 Å². The van der Waals surface area contributed by atoms with Gasteiger partial charge in [-0.05, 0) is 49.8 Å². The summed E-state index contributed by atoms with van der Waals surface area (Å²) in [6, 6.07) is 3.99. The number of halogens is 1. The van der Waals surface area contributed by atoms with Crippen molar-refractivity contribution >= 4 is 11.4 Å². The van der Waals surface area contributed by atoms with Crippen LogP contribution in [0, 0.1) is 18.7 Å². The van der Waals surface area contributed by atoms with E-state index in [1.807, 2.05) is 6.07 Å². The zero-order chi connectivity index (χ0) is 11.3. The van der Waals surface area contributed by atoms with Crippen LogP contribution in [-0.2, 0) is 0 Å². The molecule has 2 aliphatic rings. The molecule has 0 radical (unpaired) electrons. The Labute approximate surface area is 95.2 Å². The summed E-state index contributed by atoms with van der Waals surface area (Å²) < 4.78 is 13.3. The second-order valence-corrected chi connectivity index (χ2v) is 5.15. The lowest BCUT2D eigenvalue weighted by atomic mass is 10.1. The Balaban J connectivity index is 1.98. The van der Waals surface area contributed by atoms with E-state index in [4.69, 9.17) is 5.73 Å². The molecule has 2 N–H and O–H groups in total. The summed E-state index contributed by atoms with van der Waals surface area (Å²) >= 11 is 0. The Kier molecular flexibility index (Phi) is 2.09. The Morgan fingerprint density at radius 1 is 1.38 bits per heavy atom. The summed E-state index contributed by atoms with van der Waals surface area (Å²) in [6.07, 6.45) is 3.90. The molecule has 1 aliphatic heterocycles. The fraction of sp³-hybridized carbons (Fsp3) is 0.538. The van der Waals surface area contributed by atoms with Crippen molar-refractivity contribution in [3.05, 3.63) is 23.5 Å². The number of nitrogens with two attached hydrogens (primary N) is 1. The normalized spacial score (nSPS) is 27.8. The van der Waals surface area contributed by atoms with Crippen molar-refractivity contribution in [2.24, 2.45) is 5.92 Å². The van der Waals surface area contributed by atoms with Crippen LogP contribution < -0.4 is 10.6 Å². The smallest absolute Gasteiger partial charge is 0.128 e. The SMILES string of the molecule is Cc1cc(N2CC3CCC2C3)c(N)cc1F. The predicted octanol–water partition coefficient (Wildman–Crippen LogP) is 2.71. The van der Waals surface area contributed by atoms with Gasteiger partial charge in [-0.1, -0.05) is 0 Å². The van der Waals surface area contributed by atoms with Gasteiger partial charge in [0.05, 0.1) is 11.4 Å². The molecule has 1 aromatic carbocycles. The quantitative estimate of drug-likeness (QED) is 0.737. The van der Waals surface area contributed by atoms with Crippen LogP contribution in [0.2, 0.25) is 0 Å². The largest absolute Gasteiger partial charge is 0.397 e. The second-order valence-electron chi connectivity index (χ2n) is 5.15. The average molecular weight is 220 g/mol. The fourth-order valence-corrected chi connectivity index (χ4v) is 3.15. The second kappa shape index (κ2) is 3.37. The molecular formula is C13H17FN2. The summed E-state index contributed by atoms with van der Waals surface area (Å²) in [6.45, 7) is 2.90. The van der Waals surface area contributed by atoms with E-state index in [1.165, 1.54) is 25.3 Å². The molecule has 1 aliphatic carbocycles. The van der Waals surface area contributed by atoms with E-state index < -0.39 is 0 Å². The van der Waals surface area contributed by atoms with Crippen molar-refractivity contribution in [1.29, 1.82) is 0 Å². The van der Waals surface area contributed by atoms with Gasteiger partial charge in [0.25, 0.3) is 0 Å². The Hall–Kier alpha value is -1.25. The van der Waals surface area contributed by atoms with Crippen LogP contribution in [-0.4, -0.2) is 12.6 Å². The molecule has 1 saturated carbocycles. The van der Waals surface area contributed by atoms with Gasteiger partial charge in [0.15, 0.2) is 0 Å². The van der Waals surface area contributed by atoms with Gasteiger partial charge in [-0.15, -0.1) is 0 Å². The zero-order valence-electron chi connectivity index (χ0n) is 9.54. The number of rotatable bonds is 1. The molecule has 2 unspecified atom stereocenters. The topological polar surface area (TPSA) is 29.3 Å². The van der Waals surface area contributed by atoms with Crippen LogP contribution in [0.25, 0.3) is 0 Å². The third kappa shape index (κ3) is 1.38. The van der Waals surface area contributed by atoms with Gasteiger partial charge < -0.3 is 10.6 Å². The number of hydrogen-bond acceptors (Lipinski definition) is 2. The van der Waals surface area contributed by atoms with E-state index >= 15 is 0 Å². The molecule has 86 valence electrons. The minimum atomic E-state index is -0.203. The third-order valence-corrected chi connectivity index (χ3v) is 4.03. The Bertz CT molecular complexity index is 430. The number of hydrogen-bond donors (Lipinski definition) is 1. The van der Waals surface area contributed by atoms with E-state index in [2.05, 4.69) is 4.90 Å². The van der Waals surface area contributed by atoms with Crippen molar-refractivity contribution < 1.29 is 4.39 Å². The lowest BCUT2D eigenvalue weighted by Gasteiger charge is -2.30. The van der Waals surface area contributed by atoms with Gasteiger partial charge in [-0.2, -0.15) is 0 Å². The average Bonchev–Trinajstić information content (AvgIpc) is 2.84. The first-order valence-corrected chi connectivity index (χ1v) is 5.97. The van der Waals surface area contributed by atoms with Crippen LogP contribution in [0.15, 0.2) is 12.1 Å². The van der Waals surface area contributed by atoms with Gasteiger partial charge in [-0.3, -0.25) is 0 Å². The van der Waals surface area contributed by atoms with Crippen LogP contribution in [0.5, 0.6) is 0 Å². The van der Waals surface area contributed by atoms with E-state index in [0.717, 1.165) is 18.2 Å². The summed E-state index contributed by atoms with van der Waals surface area (Å²) in [4.78, 5) is 2.37. The van der Waals surface area contributed by atoms with Gasteiger partial charge in [0.2, 0.25) is 0 Å². The first-order valence-electron chi connectivity index (χ1n) is 5.97. The number of benzene rings is 1. The number of nitrogens with zero attached hydrogens (tertiary/aromatic N) is 1. The molecule has 16 heavy (non-hydrogen) atoms. The standard InChI is InChI=1S/C13H17FN2/c1-8-4-13(12(15)6-11(8)14)16-7-9-2-3-10(16)5-9/h4,6,9-10H,2-3,5,7,15H2,1H3. The number of nitrogen functional groups attached to an aromatic ring is 1. The van der Waals surface area contributed by atoms with Crippen molar-refractivity contribution in [3.63, 3.8) is 0 Å². The summed E-state index contributed by atoms with van der Waals surface area (Å²) in [5, 5.41) is 0. The maximum atomic E-state index is 13.3. The molecule has 2 nitrogen and oxygen atoms in total. The molecule has 0 aromatic heterocycles. The number of aryl methyl sites for hydroxylation is 1. The lowest BCUT2D eigenvalue weighted by molar-refractivity contribution is 0.553. The highest BCUT2D eigenvalue weighted by molar-refractivity contribution is 5.70. The number of piperidine rings is 1. The molecule has 1 saturated heterocycles. The molecule has 3 rings (SSSR count). The van der Waals surface area contributed by atoms with Crippen molar-refractivity contribution in [3.8, 4) is 0 Å². The Morgan fingerprint density at radius 2 is 2.19 bits per heavy atom. The van der Waals surface area contributed by atoms with Gasteiger partial charge in [0, 0.05) is 12.6 Å². The first-order chi connectivity index (χ1) is 7.65. The fourth-order valence-electron chi connectivity index (χ4n) is 3.15. The van der Waals surface area contributed by atoms with Crippen molar-refractivity contribution in [2.45, 2.75) is 32.2 Å². The molecular weight excluding hydrogens is 203 g/mol. The maximum absolute atomic E-state index is 13.3. The molecule has 2 bridgehead atoms. The van der Waals surface area contributed by atoms with Crippen LogP contribution in [0.3, 0.4) is 0 Å². The first kappa shape index (κ1) is 9.94. The molecule has 2 fully saturated rings. The highest BCUT2D eigenvalue weighted by Gasteiger charge is 2.38. The minimum absolute atomic E-state index is 0.203. The van der Waals surface area contributed by atoms with Crippen LogP contribution in [0.4, 0.5) is 15.8 Å². The Morgan fingerprint density at radius 3 is 2.81 bits per heavy atom. The van der Waals surface area contributed by atoms with E-state index in [-0.39, 0.29) is 5.82 Å². The van der Waals surface area contributed by atoms with E-state index in [9.17, 15) is 4.39 Å². The van der Waals surface area contributed by atoms with Crippen molar-refractivity contribution in [2.75, 3.05) is 17.2 Å². The van der Waals surface area contributed by atoms with E-state index in [1.54, 1.807) is 6.92 Å². The number of fused-ring (bicyclic) bond motifs is 2. The summed E-state index contributed by atoms with van der Waals surface area (Å²) in [7, 11) is 0. The van der Waals surface area contributed by atoms with Crippen molar-refractivity contribution in [1.82, 2.24) is 0 Å². The molecule has 3 heteroatoms. The molecule has 1 aromatic rings. The molecule has 0 spiro atoms. The molecule has 0 amide bonds. The third-order valence-electron chi connectivity index (χ3n) is 4.03. The monoisotopic (exact) mass is 220 g/mol. The van der Waals surface area contributed by atoms with Gasteiger partial charge in [-0.25, -0.2) is 4.39 Å². The zero-order valence-corrected chi connectivity index (χ0v) is 9.54. The lowest BCUT2D eigenvalue weighted by Crippen LogP contribution is -2.32. The summed E-state index contributed by atoms with van der Waals surface area (Å²) in [5.41, 5.74) is 8.22. The highest BCUT2D eigenvalue weighted by atomic mass is 19.1. The predicted molar refractivity (Wildman–Crippen MR) is 64.0 cm³/mol. The van der Waals surface area contributed by atoms with Gasteiger partial charge in [0.1, 0.15) is 5.82 Å². The highest BCUT2D eigenvalue weighted by Crippen LogP contribution is 2.42. The maximum Gasteiger partial charge on any atom is 0.128 e. The minimum Gasteiger partial charge on any atom is -0.397 e. The molecule has 1 heterocycles. The number of anilines is 2.